The van der Waals surface area contributed by atoms with Gasteiger partial charge in [0.25, 0.3) is 0 Å². The largest absolute Gasteiger partial charge is 0.497 e. The van der Waals surface area contributed by atoms with Crippen molar-refractivity contribution in [3.05, 3.63) is 23.8 Å². The van der Waals surface area contributed by atoms with E-state index >= 15 is 0 Å². The summed E-state index contributed by atoms with van der Waals surface area (Å²) in [4.78, 5) is 4.52. The van der Waals surface area contributed by atoms with Crippen LogP contribution in [0.2, 0.25) is 0 Å². The predicted octanol–water partition coefficient (Wildman–Crippen LogP) is 3.64. The quantitative estimate of drug-likeness (QED) is 0.551. The number of fused-ring (bicyclic) bond motifs is 2. The van der Waals surface area contributed by atoms with Gasteiger partial charge in [-0.2, -0.15) is 0 Å². The first-order chi connectivity index (χ1) is 14.7. The van der Waals surface area contributed by atoms with Crippen molar-refractivity contribution < 1.29 is 14.2 Å². The molecule has 3 atom stereocenters. The number of nitrogens with one attached hydrogen (secondary N) is 2. The standard InChI is InChI=1S/C24H35N3O3/c1-25-23(27-21-19-10-13-29-22(19)24(21)11-5-12-24)26-15-16-8-9-18(28-2)14-20(16)30-17-6-3-4-7-17/h8-9,14,17,19,21-22H,3-7,10-13,15H2,1-2H3,(H2,25,26,27). The number of ether oxygens (including phenoxy) is 3. The van der Waals surface area contributed by atoms with Crippen LogP contribution in [0.3, 0.4) is 0 Å². The van der Waals surface area contributed by atoms with E-state index in [0.29, 0.717) is 36.1 Å². The summed E-state index contributed by atoms with van der Waals surface area (Å²) in [6.45, 7) is 1.59. The van der Waals surface area contributed by atoms with Gasteiger partial charge in [-0.05, 0) is 57.1 Å². The number of methoxy groups -OCH3 is 1. The Morgan fingerprint density at radius 1 is 1.20 bits per heavy atom. The van der Waals surface area contributed by atoms with Gasteiger partial charge in [0.1, 0.15) is 11.5 Å². The van der Waals surface area contributed by atoms with Crippen LogP contribution in [-0.2, 0) is 11.3 Å². The Labute approximate surface area is 179 Å². The highest BCUT2D eigenvalue weighted by molar-refractivity contribution is 5.80. The molecule has 4 aliphatic rings. The molecule has 1 spiro atoms. The van der Waals surface area contributed by atoms with Gasteiger partial charge in [-0.3, -0.25) is 4.99 Å². The summed E-state index contributed by atoms with van der Waals surface area (Å²) in [6, 6.07) is 6.60. The van der Waals surface area contributed by atoms with Gasteiger partial charge in [0.05, 0.1) is 19.3 Å². The molecular formula is C24H35N3O3. The number of rotatable bonds is 6. The van der Waals surface area contributed by atoms with Gasteiger partial charge in [0.15, 0.2) is 5.96 Å². The van der Waals surface area contributed by atoms with E-state index in [9.17, 15) is 0 Å². The third kappa shape index (κ3) is 3.43. The van der Waals surface area contributed by atoms with Crippen molar-refractivity contribution in [3.63, 3.8) is 0 Å². The monoisotopic (exact) mass is 413 g/mol. The Bertz CT molecular complexity index is 786. The first kappa shape index (κ1) is 20.0. The van der Waals surface area contributed by atoms with Crippen molar-refractivity contribution in [1.29, 1.82) is 0 Å². The maximum atomic E-state index is 6.35. The Kier molecular flexibility index (Phi) is 5.52. The van der Waals surface area contributed by atoms with Crippen LogP contribution in [0.4, 0.5) is 0 Å². The van der Waals surface area contributed by atoms with Crippen molar-refractivity contribution in [3.8, 4) is 11.5 Å². The highest BCUT2D eigenvalue weighted by Crippen LogP contribution is 2.62. The molecule has 1 aliphatic heterocycles. The van der Waals surface area contributed by atoms with Crippen molar-refractivity contribution in [2.24, 2.45) is 16.3 Å². The average Bonchev–Trinajstić information content (AvgIpc) is 3.38. The minimum atomic E-state index is 0.320. The number of benzene rings is 1. The molecule has 3 saturated carbocycles. The second kappa shape index (κ2) is 8.29. The van der Waals surface area contributed by atoms with Crippen LogP contribution in [0.15, 0.2) is 23.2 Å². The molecule has 1 saturated heterocycles. The number of hydrogen-bond donors (Lipinski definition) is 2. The number of nitrogens with zero attached hydrogens (tertiary/aromatic N) is 1. The maximum absolute atomic E-state index is 6.35. The van der Waals surface area contributed by atoms with E-state index < -0.39 is 0 Å². The Balaban J connectivity index is 1.24. The van der Waals surface area contributed by atoms with Gasteiger partial charge in [0, 0.05) is 49.2 Å². The van der Waals surface area contributed by atoms with Gasteiger partial charge in [-0.15, -0.1) is 0 Å². The third-order valence-corrected chi connectivity index (χ3v) is 7.87. The Hall–Kier alpha value is -1.95. The molecule has 1 aromatic carbocycles. The molecule has 1 heterocycles. The van der Waals surface area contributed by atoms with E-state index in [4.69, 9.17) is 14.2 Å². The lowest BCUT2D eigenvalue weighted by Gasteiger charge is -2.63. The smallest absolute Gasteiger partial charge is 0.191 e. The molecular weight excluding hydrogens is 378 g/mol. The van der Waals surface area contributed by atoms with Crippen LogP contribution in [-0.4, -0.2) is 45.0 Å². The van der Waals surface area contributed by atoms with Crippen LogP contribution in [0.5, 0.6) is 11.5 Å². The highest BCUT2D eigenvalue weighted by atomic mass is 16.5. The maximum Gasteiger partial charge on any atom is 0.191 e. The zero-order chi connectivity index (χ0) is 20.6. The van der Waals surface area contributed by atoms with Gasteiger partial charge < -0.3 is 24.8 Å². The minimum absolute atomic E-state index is 0.320. The van der Waals surface area contributed by atoms with Crippen LogP contribution in [0.25, 0.3) is 0 Å². The van der Waals surface area contributed by atoms with Crippen LogP contribution < -0.4 is 20.1 Å². The fraction of sp³-hybridized carbons (Fsp3) is 0.708. The van der Waals surface area contributed by atoms with E-state index in [1.165, 1.54) is 38.5 Å². The van der Waals surface area contributed by atoms with E-state index in [1.807, 2.05) is 19.2 Å². The molecule has 0 bridgehead atoms. The van der Waals surface area contributed by atoms with E-state index in [-0.39, 0.29) is 0 Å². The van der Waals surface area contributed by atoms with Crippen LogP contribution in [0, 0.1) is 11.3 Å². The molecule has 1 aromatic rings. The fourth-order valence-electron chi connectivity index (χ4n) is 6.08. The SMILES string of the molecule is CN=C(NCc1ccc(OC)cc1OC1CCCC1)NC1C2CCOC2C12CCC2. The summed E-state index contributed by atoms with van der Waals surface area (Å²) >= 11 is 0. The summed E-state index contributed by atoms with van der Waals surface area (Å²) in [7, 11) is 3.56. The third-order valence-electron chi connectivity index (χ3n) is 7.87. The Morgan fingerprint density at radius 3 is 2.73 bits per heavy atom. The summed E-state index contributed by atoms with van der Waals surface area (Å²) in [5.41, 5.74) is 1.48. The molecule has 164 valence electrons. The van der Waals surface area contributed by atoms with E-state index in [1.54, 1.807) is 7.11 Å². The minimum Gasteiger partial charge on any atom is -0.497 e. The van der Waals surface area contributed by atoms with Crippen LogP contribution >= 0.6 is 0 Å². The lowest BCUT2D eigenvalue weighted by atomic mass is 9.46. The van der Waals surface area contributed by atoms with Gasteiger partial charge >= 0.3 is 0 Å². The molecule has 6 nitrogen and oxygen atoms in total. The van der Waals surface area contributed by atoms with E-state index in [0.717, 1.165) is 42.5 Å². The van der Waals surface area contributed by atoms with Crippen molar-refractivity contribution in [2.75, 3.05) is 20.8 Å². The fourth-order valence-corrected chi connectivity index (χ4v) is 6.08. The summed E-state index contributed by atoms with van der Waals surface area (Å²) in [6.07, 6.45) is 10.6. The molecule has 30 heavy (non-hydrogen) atoms. The summed E-state index contributed by atoms with van der Waals surface area (Å²) in [5, 5.41) is 7.28. The molecule has 0 aromatic heterocycles. The first-order valence-electron chi connectivity index (χ1n) is 11.7. The predicted molar refractivity (Wildman–Crippen MR) is 117 cm³/mol. The molecule has 0 amide bonds. The zero-order valence-corrected chi connectivity index (χ0v) is 18.3. The van der Waals surface area contributed by atoms with Crippen molar-refractivity contribution >= 4 is 5.96 Å². The number of aliphatic imine (C=N–C) groups is 1. The topological polar surface area (TPSA) is 64.1 Å². The summed E-state index contributed by atoms with van der Waals surface area (Å²) in [5.74, 6) is 3.26. The molecule has 4 fully saturated rings. The van der Waals surface area contributed by atoms with Crippen molar-refractivity contribution in [1.82, 2.24) is 10.6 Å². The Morgan fingerprint density at radius 2 is 2.03 bits per heavy atom. The molecule has 5 rings (SSSR count). The van der Waals surface area contributed by atoms with Gasteiger partial charge in [-0.1, -0.05) is 6.42 Å². The van der Waals surface area contributed by atoms with Gasteiger partial charge in [0.2, 0.25) is 0 Å². The van der Waals surface area contributed by atoms with Crippen LogP contribution in [0.1, 0.15) is 56.9 Å². The van der Waals surface area contributed by atoms with Gasteiger partial charge in [-0.25, -0.2) is 0 Å². The molecule has 6 heteroatoms. The lowest BCUT2D eigenvalue weighted by Crippen LogP contribution is -2.72. The lowest BCUT2D eigenvalue weighted by molar-refractivity contribution is -0.171. The second-order valence-corrected chi connectivity index (χ2v) is 9.38. The van der Waals surface area contributed by atoms with E-state index in [2.05, 4.69) is 21.7 Å². The highest BCUT2D eigenvalue weighted by Gasteiger charge is 2.66. The average molecular weight is 414 g/mol. The molecule has 3 aliphatic carbocycles. The normalized spacial score (nSPS) is 29.8. The molecule has 0 radical (unpaired) electrons. The zero-order valence-electron chi connectivity index (χ0n) is 18.3. The molecule has 3 unspecified atom stereocenters. The first-order valence-corrected chi connectivity index (χ1v) is 11.7. The number of hydrogen-bond acceptors (Lipinski definition) is 4. The number of guanidine groups is 1. The van der Waals surface area contributed by atoms with Crippen molar-refractivity contribution in [2.45, 2.75) is 76.2 Å². The second-order valence-electron chi connectivity index (χ2n) is 9.38. The molecule has 2 N–H and O–H groups in total. The summed E-state index contributed by atoms with van der Waals surface area (Å²) < 4.78 is 17.8.